The maximum atomic E-state index is 13.2. The first-order valence-electron chi connectivity index (χ1n) is 10.2. The lowest BCUT2D eigenvalue weighted by Crippen LogP contribution is -2.24. The van der Waals surface area contributed by atoms with Crippen molar-refractivity contribution in [3.63, 3.8) is 0 Å². The van der Waals surface area contributed by atoms with Crippen molar-refractivity contribution in [2.75, 3.05) is 7.11 Å². The Hall–Kier alpha value is -3.98. The van der Waals surface area contributed by atoms with Crippen molar-refractivity contribution in [1.29, 1.82) is 0 Å². The highest BCUT2D eigenvalue weighted by molar-refractivity contribution is 7.98. The number of para-hydroxylation sites is 1. The van der Waals surface area contributed by atoms with E-state index < -0.39 is 0 Å². The van der Waals surface area contributed by atoms with Crippen molar-refractivity contribution in [3.05, 3.63) is 94.9 Å². The Morgan fingerprint density at radius 1 is 1.03 bits per heavy atom. The van der Waals surface area contributed by atoms with Crippen molar-refractivity contribution in [1.82, 2.24) is 24.7 Å². The molecule has 0 atom stereocenters. The van der Waals surface area contributed by atoms with Gasteiger partial charge in [-0.2, -0.15) is 4.98 Å². The van der Waals surface area contributed by atoms with Gasteiger partial charge in [0.05, 0.1) is 30.3 Å². The molecule has 0 N–H and O–H groups in total. The molecule has 3 aromatic heterocycles. The van der Waals surface area contributed by atoms with E-state index in [9.17, 15) is 4.79 Å². The predicted octanol–water partition coefficient (Wildman–Crippen LogP) is 4.19. The van der Waals surface area contributed by atoms with Crippen LogP contribution in [0.4, 0.5) is 0 Å². The molecule has 0 amide bonds. The maximum Gasteiger partial charge on any atom is 0.262 e. The van der Waals surface area contributed by atoms with Gasteiger partial charge in [0.15, 0.2) is 5.16 Å². The number of benzene rings is 2. The van der Waals surface area contributed by atoms with E-state index >= 15 is 0 Å². The van der Waals surface area contributed by atoms with Crippen molar-refractivity contribution in [2.45, 2.75) is 17.5 Å². The zero-order valence-corrected chi connectivity index (χ0v) is 18.5. The Labute approximate surface area is 193 Å². The predicted molar refractivity (Wildman–Crippen MR) is 125 cm³/mol. The molecule has 0 bridgehead atoms. The van der Waals surface area contributed by atoms with Crippen LogP contribution in [0.3, 0.4) is 0 Å². The van der Waals surface area contributed by atoms with Gasteiger partial charge in [0.25, 0.3) is 5.56 Å². The van der Waals surface area contributed by atoms with Gasteiger partial charge in [-0.15, -0.1) is 0 Å². The summed E-state index contributed by atoms with van der Waals surface area (Å²) in [5.41, 5.74) is 2.29. The molecular weight excluding hydrogens is 438 g/mol. The van der Waals surface area contributed by atoms with Gasteiger partial charge in [0.2, 0.25) is 11.7 Å². The lowest BCUT2D eigenvalue weighted by molar-refractivity contribution is 0.391. The van der Waals surface area contributed by atoms with Crippen LogP contribution in [0.15, 0.2) is 87.5 Å². The fraction of sp³-hybridized carbons (Fsp3) is 0.125. The van der Waals surface area contributed by atoms with Gasteiger partial charge in [-0.3, -0.25) is 14.3 Å². The number of ether oxygens (including phenoxy) is 1. The highest BCUT2D eigenvalue weighted by Gasteiger charge is 2.15. The number of hydrogen-bond donors (Lipinski definition) is 0. The number of fused-ring (bicyclic) bond motifs is 1. The molecule has 0 aliphatic carbocycles. The van der Waals surface area contributed by atoms with E-state index in [4.69, 9.17) is 14.2 Å². The smallest absolute Gasteiger partial charge is 0.262 e. The summed E-state index contributed by atoms with van der Waals surface area (Å²) < 4.78 is 12.3. The Morgan fingerprint density at radius 3 is 2.67 bits per heavy atom. The molecule has 164 valence electrons. The summed E-state index contributed by atoms with van der Waals surface area (Å²) in [6.07, 6.45) is 3.45. The molecule has 3 heterocycles. The second-order valence-electron chi connectivity index (χ2n) is 7.19. The summed E-state index contributed by atoms with van der Waals surface area (Å²) >= 11 is 1.38. The number of thioether (sulfide) groups is 1. The summed E-state index contributed by atoms with van der Waals surface area (Å²) in [6, 6.07) is 18.5. The maximum absolute atomic E-state index is 13.2. The van der Waals surface area contributed by atoms with Gasteiger partial charge >= 0.3 is 0 Å². The van der Waals surface area contributed by atoms with Gasteiger partial charge in [-0.05, 0) is 48.0 Å². The Bertz CT molecular complexity index is 1450. The fourth-order valence-corrected chi connectivity index (χ4v) is 4.20. The van der Waals surface area contributed by atoms with Crippen LogP contribution in [-0.4, -0.2) is 31.8 Å². The van der Waals surface area contributed by atoms with Crippen LogP contribution in [-0.2, 0) is 12.3 Å². The van der Waals surface area contributed by atoms with Gasteiger partial charge in [-0.1, -0.05) is 35.1 Å². The van der Waals surface area contributed by atoms with Crippen LogP contribution < -0.4 is 10.3 Å². The van der Waals surface area contributed by atoms with Gasteiger partial charge < -0.3 is 9.26 Å². The highest BCUT2D eigenvalue weighted by atomic mass is 32.2. The molecule has 5 aromatic rings. The summed E-state index contributed by atoms with van der Waals surface area (Å²) in [5, 5.41) is 5.22. The molecule has 0 radical (unpaired) electrons. The average molecular weight is 458 g/mol. The third kappa shape index (κ3) is 4.49. The second-order valence-corrected chi connectivity index (χ2v) is 8.14. The molecular formula is C24H19N5O3S. The van der Waals surface area contributed by atoms with E-state index in [0.717, 1.165) is 16.9 Å². The molecule has 33 heavy (non-hydrogen) atoms. The van der Waals surface area contributed by atoms with E-state index in [1.807, 2.05) is 54.6 Å². The molecule has 0 spiro atoms. The molecule has 0 unspecified atom stereocenters. The first-order valence-corrected chi connectivity index (χ1v) is 11.2. The molecule has 0 fully saturated rings. The third-order valence-corrected chi connectivity index (χ3v) is 5.99. The Kier molecular flexibility index (Phi) is 5.86. The summed E-state index contributed by atoms with van der Waals surface area (Å²) in [4.78, 5) is 26.6. The van der Waals surface area contributed by atoms with E-state index in [1.165, 1.54) is 11.8 Å². The van der Waals surface area contributed by atoms with Crippen molar-refractivity contribution in [3.8, 4) is 17.1 Å². The number of rotatable bonds is 7. The first kappa shape index (κ1) is 20.9. The fourth-order valence-electron chi connectivity index (χ4n) is 3.37. The van der Waals surface area contributed by atoms with Crippen molar-refractivity contribution in [2.24, 2.45) is 0 Å². The van der Waals surface area contributed by atoms with Crippen LogP contribution in [0.25, 0.3) is 22.3 Å². The summed E-state index contributed by atoms with van der Waals surface area (Å²) in [5.74, 6) is 2.07. The standard InChI is InChI=1S/C24H19N5O3S/c1-31-18-10-8-17(9-11-18)22-27-21(32-28-22)15-33-24-26-20-7-3-2-6-19(20)23(30)29(24)14-16-5-4-12-25-13-16/h2-13H,14-15H2,1H3. The molecule has 0 aliphatic heterocycles. The quantitative estimate of drug-likeness (QED) is 0.265. The number of aromatic nitrogens is 5. The minimum absolute atomic E-state index is 0.101. The number of methoxy groups -OCH3 is 1. The molecule has 8 nitrogen and oxygen atoms in total. The zero-order valence-electron chi connectivity index (χ0n) is 17.7. The van der Waals surface area contributed by atoms with Crippen molar-refractivity contribution >= 4 is 22.7 Å². The Morgan fingerprint density at radius 2 is 1.88 bits per heavy atom. The monoisotopic (exact) mass is 457 g/mol. The normalized spacial score (nSPS) is 11.1. The lowest BCUT2D eigenvalue weighted by atomic mass is 10.2. The number of pyridine rings is 1. The molecule has 0 saturated carbocycles. The topological polar surface area (TPSA) is 95.9 Å². The molecule has 0 aliphatic rings. The third-order valence-electron chi connectivity index (χ3n) is 5.03. The van der Waals surface area contributed by atoms with Gasteiger partial charge in [-0.25, -0.2) is 4.98 Å². The van der Waals surface area contributed by atoms with Crippen LogP contribution in [0.2, 0.25) is 0 Å². The SMILES string of the molecule is COc1ccc(-c2noc(CSc3nc4ccccc4c(=O)n3Cc3cccnc3)n2)cc1. The van der Waals surface area contributed by atoms with Crippen LogP contribution in [0.1, 0.15) is 11.5 Å². The van der Waals surface area contributed by atoms with E-state index in [2.05, 4.69) is 15.1 Å². The van der Waals surface area contributed by atoms with E-state index in [1.54, 1.807) is 30.1 Å². The summed E-state index contributed by atoms with van der Waals surface area (Å²) in [6.45, 7) is 0.369. The zero-order chi connectivity index (χ0) is 22.6. The first-order chi connectivity index (χ1) is 16.2. The Balaban J connectivity index is 1.43. The molecule has 9 heteroatoms. The highest BCUT2D eigenvalue weighted by Crippen LogP contribution is 2.25. The second kappa shape index (κ2) is 9.25. The number of nitrogens with zero attached hydrogens (tertiary/aromatic N) is 5. The minimum Gasteiger partial charge on any atom is -0.497 e. The molecule has 2 aromatic carbocycles. The largest absolute Gasteiger partial charge is 0.497 e. The molecule has 0 saturated heterocycles. The van der Waals surface area contributed by atoms with E-state index in [0.29, 0.717) is 40.1 Å². The van der Waals surface area contributed by atoms with Crippen LogP contribution in [0.5, 0.6) is 5.75 Å². The lowest BCUT2D eigenvalue weighted by Gasteiger charge is -2.12. The number of hydrogen-bond acceptors (Lipinski definition) is 8. The average Bonchev–Trinajstić information content (AvgIpc) is 3.34. The minimum atomic E-state index is -0.101. The van der Waals surface area contributed by atoms with E-state index in [-0.39, 0.29) is 5.56 Å². The van der Waals surface area contributed by atoms with Crippen LogP contribution in [0, 0.1) is 0 Å². The van der Waals surface area contributed by atoms with Gasteiger partial charge in [0.1, 0.15) is 5.75 Å². The molecule has 5 rings (SSSR count). The summed E-state index contributed by atoms with van der Waals surface area (Å²) in [7, 11) is 1.62. The van der Waals surface area contributed by atoms with Gasteiger partial charge in [0, 0.05) is 18.0 Å². The van der Waals surface area contributed by atoms with Crippen LogP contribution >= 0.6 is 11.8 Å². The van der Waals surface area contributed by atoms with Crippen molar-refractivity contribution < 1.29 is 9.26 Å².